The van der Waals surface area contributed by atoms with Crippen LogP contribution >= 0.6 is 0 Å². The van der Waals surface area contributed by atoms with Gasteiger partial charge in [-0.1, -0.05) is 12.6 Å². The highest BCUT2D eigenvalue weighted by molar-refractivity contribution is 5.88. The number of benzene rings is 1. The number of anilines is 1. The molecule has 1 unspecified atom stereocenters. The number of nitrogens with one attached hydrogen (secondary N) is 1. The third-order valence-electron chi connectivity index (χ3n) is 7.38. The largest absolute Gasteiger partial charge is 0.355 e. The molecule has 2 saturated heterocycles. The number of aryl methyl sites for hydroxylation is 1. The summed E-state index contributed by atoms with van der Waals surface area (Å²) in [6.45, 7) is 9.38. The molecule has 7 nitrogen and oxygen atoms in total. The van der Waals surface area contributed by atoms with Crippen LogP contribution in [0.2, 0.25) is 0 Å². The Bertz CT molecular complexity index is 1200. The fraction of sp³-hybridized carbons (Fsp3) is 0.417. The first kappa shape index (κ1) is 18.5. The predicted octanol–water partition coefficient (Wildman–Crippen LogP) is 2.77. The Balaban J connectivity index is 1.22. The third kappa shape index (κ3) is 2.79. The first-order valence-electron chi connectivity index (χ1n) is 11.0. The SMILES string of the molecule is C=CC(=O)N1CC2(C1)CN(c1ncnc3c1CCC(c1c(C)ccc4[nH]ncc14)C3)C2. The molecule has 2 aromatic heterocycles. The molecular formula is C24H26N6O. The monoisotopic (exact) mass is 414 g/mol. The minimum atomic E-state index is 0.0393. The number of amides is 1. The lowest BCUT2D eigenvalue weighted by Crippen LogP contribution is -2.73. The van der Waals surface area contributed by atoms with E-state index in [1.54, 1.807) is 6.33 Å². The van der Waals surface area contributed by atoms with Gasteiger partial charge in [0.2, 0.25) is 5.91 Å². The van der Waals surface area contributed by atoms with Crippen molar-refractivity contribution >= 4 is 22.6 Å². The fourth-order valence-electron chi connectivity index (χ4n) is 5.89. The van der Waals surface area contributed by atoms with Gasteiger partial charge >= 0.3 is 0 Å². The molecule has 1 aromatic carbocycles. The van der Waals surface area contributed by atoms with Crippen molar-refractivity contribution in [2.45, 2.75) is 32.1 Å². The summed E-state index contributed by atoms with van der Waals surface area (Å²) in [5, 5.41) is 8.60. The van der Waals surface area contributed by atoms with Crippen LogP contribution in [0.1, 0.15) is 34.7 Å². The lowest BCUT2D eigenvalue weighted by Gasteiger charge is -2.60. The van der Waals surface area contributed by atoms with Gasteiger partial charge in [-0.3, -0.25) is 9.89 Å². The highest BCUT2D eigenvalue weighted by Crippen LogP contribution is 2.44. The first-order chi connectivity index (χ1) is 15.1. The normalized spacial score (nSPS) is 21.5. The van der Waals surface area contributed by atoms with E-state index < -0.39 is 0 Å². The summed E-state index contributed by atoms with van der Waals surface area (Å²) >= 11 is 0. The fourth-order valence-corrected chi connectivity index (χ4v) is 5.89. The number of likely N-dealkylation sites (tertiary alicyclic amines) is 1. The topological polar surface area (TPSA) is 78.0 Å². The molecule has 3 aromatic rings. The third-order valence-corrected chi connectivity index (χ3v) is 7.38. The summed E-state index contributed by atoms with van der Waals surface area (Å²) in [5.74, 6) is 1.59. The standard InChI is InChI=1S/C24H26N6O/c1-3-21(31)29-10-24(11-29)12-30(13-24)23-17-6-5-16(8-20(17)25-14-26-23)22-15(2)4-7-19-18(22)9-27-28-19/h3-4,7,9,14,16H,1,5-6,8,10-13H2,2H3,(H,27,28). The Morgan fingerprint density at radius 3 is 2.90 bits per heavy atom. The van der Waals surface area contributed by atoms with Gasteiger partial charge in [-0.15, -0.1) is 0 Å². The molecule has 1 atom stereocenters. The van der Waals surface area contributed by atoms with Gasteiger partial charge in [-0.05, 0) is 55.4 Å². The van der Waals surface area contributed by atoms with Crippen molar-refractivity contribution < 1.29 is 4.79 Å². The Morgan fingerprint density at radius 1 is 1.26 bits per heavy atom. The molecule has 1 aliphatic carbocycles. The summed E-state index contributed by atoms with van der Waals surface area (Å²) in [6, 6.07) is 4.30. The second-order valence-electron chi connectivity index (χ2n) is 9.44. The van der Waals surface area contributed by atoms with Crippen molar-refractivity contribution in [2.24, 2.45) is 5.41 Å². The Kier molecular flexibility index (Phi) is 3.97. The summed E-state index contributed by atoms with van der Waals surface area (Å²) in [4.78, 5) is 25.4. The van der Waals surface area contributed by atoms with E-state index in [4.69, 9.17) is 0 Å². The quantitative estimate of drug-likeness (QED) is 0.667. The van der Waals surface area contributed by atoms with Crippen molar-refractivity contribution in [1.82, 2.24) is 25.1 Å². The molecule has 2 fully saturated rings. The maximum atomic E-state index is 11.8. The number of carbonyl (C=O) groups is 1. The number of H-pyrrole nitrogens is 1. The molecule has 0 bridgehead atoms. The highest BCUT2D eigenvalue weighted by Gasteiger charge is 2.53. The zero-order valence-corrected chi connectivity index (χ0v) is 17.8. The zero-order chi connectivity index (χ0) is 21.2. The minimum absolute atomic E-state index is 0.0393. The lowest BCUT2D eigenvalue weighted by atomic mass is 9.72. The second-order valence-corrected chi connectivity index (χ2v) is 9.44. The molecule has 4 heterocycles. The van der Waals surface area contributed by atoms with Crippen LogP contribution in [0, 0.1) is 12.3 Å². The summed E-state index contributed by atoms with van der Waals surface area (Å²) in [7, 11) is 0. The van der Waals surface area contributed by atoms with Gasteiger partial charge in [0.15, 0.2) is 0 Å². The maximum absolute atomic E-state index is 11.8. The summed E-state index contributed by atoms with van der Waals surface area (Å²) < 4.78 is 0. The molecule has 1 N–H and O–H groups in total. The molecule has 2 aliphatic heterocycles. The first-order valence-corrected chi connectivity index (χ1v) is 11.0. The van der Waals surface area contributed by atoms with Crippen molar-refractivity contribution in [3.63, 3.8) is 0 Å². The predicted molar refractivity (Wildman–Crippen MR) is 119 cm³/mol. The number of carbonyl (C=O) groups excluding carboxylic acids is 1. The molecule has 158 valence electrons. The number of nitrogens with zero attached hydrogens (tertiary/aromatic N) is 5. The lowest BCUT2D eigenvalue weighted by molar-refractivity contribution is -0.139. The molecule has 1 amide bonds. The van der Waals surface area contributed by atoms with Gasteiger partial charge in [0.25, 0.3) is 0 Å². The van der Waals surface area contributed by atoms with Crippen LogP contribution in [0.5, 0.6) is 0 Å². The number of fused-ring (bicyclic) bond motifs is 2. The molecule has 7 heteroatoms. The number of aromatic amines is 1. The number of aromatic nitrogens is 4. The minimum Gasteiger partial charge on any atom is -0.355 e. The van der Waals surface area contributed by atoms with Crippen LogP contribution in [0.15, 0.2) is 37.3 Å². The van der Waals surface area contributed by atoms with E-state index in [2.05, 4.69) is 50.7 Å². The van der Waals surface area contributed by atoms with Gasteiger partial charge in [-0.2, -0.15) is 5.10 Å². The Hall–Kier alpha value is -3.22. The number of rotatable bonds is 3. The van der Waals surface area contributed by atoms with Crippen LogP contribution < -0.4 is 4.90 Å². The molecule has 31 heavy (non-hydrogen) atoms. The van der Waals surface area contributed by atoms with Crippen LogP contribution in [0.4, 0.5) is 5.82 Å². The van der Waals surface area contributed by atoms with Crippen LogP contribution in [-0.4, -0.2) is 57.2 Å². The maximum Gasteiger partial charge on any atom is 0.245 e. The Morgan fingerprint density at radius 2 is 2.10 bits per heavy atom. The average molecular weight is 415 g/mol. The van der Waals surface area contributed by atoms with Crippen molar-refractivity contribution in [1.29, 1.82) is 0 Å². The van der Waals surface area contributed by atoms with Gasteiger partial charge in [0.1, 0.15) is 12.1 Å². The zero-order valence-electron chi connectivity index (χ0n) is 17.8. The van der Waals surface area contributed by atoms with E-state index >= 15 is 0 Å². The second kappa shape index (κ2) is 6.64. The van der Waals surface area contributed by atoms with E-state index in [0.29, 0.717) is 5.92 Å². The van der Waals surface area contributed by atoms with Crippen molar-refractivity contribution in [2.75, 3.05) is 31.1 Å². The molecule has 0 radical (unpaired) electrons. The number of hydrogen-bond acceptors (Lipinski definition) is 5. The van der Waals surface area contributed by atoms with Gasteiger partial charge in [0.05, 0.1) is 11.7 Å². The van der Waals surface area contributed by atoms with E-state index in [0.717, 1.165) is 56.8 Å². The smallest absolute Gasteiger partial charge is 0.245 e. The van der Waals surface area contributed by atoms with Gasteiger partial charge < -0.3 is 9.80 Å². The molecule has 1 spiro atoms. The van der Waals surface area contributed by atoms with Crippen molar-refractivity contribution in [3.05, 3.63) is 59.7 Å². The van der Waals surface area contributed by atoms with E-state index in [-0.39, 0.29) is 11.3 Å². The van der Waals surface area contributed by atoms with Crippen LogP contribution in [0.25, 0.3) is 10.9 Å². The summed E-state index contributed by atoms with van der Waals surface area (Å²) in [6.07, 6.45) is 8.12. The van der Waals surface area contributed by atoms with E-state index in [1.165, 1.54) is 33.8 Å². The van der Waals surface area contributed by atoms with Gasteiger partial charge in [-0.25, -0.2) is 9.97 Å². The van der Waals surface area contributed by atoms with Crippen molar-refractivity contribution in [3.8, 4) is 0 Å². The molecular weight excluding hydrogens is 388 g/mol. The summed E-state index contributed by atoms with van der Waals surface area (Å²) in [5.41, 5.74) is 6.56. The highest BCUT2D eigenvalue weighted by atomic mass is 16.2. The van der Waals surface area contributed by atoms with E-state index in [9.17, 15) is 4.79 Å². The van der Waals surface area contributed by atoms with Gasteiger partial charge in [0, 0.05) is 48.2 Å². The average Bonchev–Trinajstić information content (AvgIpc) is 3.19. The Labute approximate surface area is 181 Å². The molecule has 0 saturated carbocycles. The van der Waals surface area contributed by atoms with Crippen LogP contribution in [0.3, 0.4) is 0 Å². The van der Waals surface area contributed by atoms with E-state index in [1.807, 2.05) is 11.1 Å². The number of hydrogen-bond donors (Lipinski definition) is 1. The molecule has 6 rings (SSSR count). The van der Waals surface area contributed by atoms with Crippen LogP contribution in [-0.2, 0) is 17.6 Å². The molecule has 3 aliphatic rings.